The lowest BCUT2D eigenvalue weighted by Gasteiger charge is -2.17. The van der Waals surface area contributed by atoms with E-state index in [4.69, 9.17) is 0 Å². The van der Waals surface area contributed by atoms with Crippen molar-refractivity contribution in [3.8, 4) is 0 Å². The molecular formula is C19H24N4O2. The number of nitrogens with zero attached hydrogens (tertiary/aromatic N) is 2. The fraction of sp³-hybridized carbons (Fsp3) is 0.316. The van der Waals surface area contributed by atoms with Gasteiger partial charge in [0.25, 0.3) is 0 Å². The second-order valence-corrected chi connectivity index (χ2v) is 6.10. The van der Waals surface area contributed by atoms with Crippen molar-refractivity contribution in [2.24, 2.45) is 0 Å². The first kappa shape index (κ1) is 18.4. The number of carbonyl (C=O) groups is 2. The molecule has 2 aromatic rings. The van der Waals surface area contributed by atoms with E-state index in [0.717, 1.165) is 16.9 Å². The number of carbonyl (C=O) groups excluding carboxylic acids is 2. The third-order valence-corrected chi connectivity index (χ3v) is 3.86. The second-order valence-electron chi connectivity index (χ2n) is 6.10. The Morgan fingerprint density at radius 3 is 2.28 bits per heavy atom. The monoisotopic (exact) mass is 340 g/mol. The molecule has 0 aliphatic heterocycles. The van der Waals surface area contributed by atoms with Gasteiger partial charge in [-0.15, -0.1) is 0 Å². The predicted octanol–water partition coefficient (Wildman–Crippen LogP) is 2.66. The van der Waals surface area contributed by atoms with Crippen molar-refractivity contribution < 1.29 is 9.59 Å². The largest absolute Gasteiger partial charge is 0.363 e. The lowest BCUT2D eigenvalue weighted by molar-refractivity contribution is -0.136. The van der Waals surface area contributed by atoms with E-state index in [9.17, 15) is 9.59 Å². The van der Waals surface area contributed by atoms with Crippen LogP contribution in [0.2, 0.25) is 0 Å². The molecule has 0 aliphatic carbocycles. The summed E-state index contributed by atoms with van der Waals surface area (Å²) >= 11 is 0. The Hall–Kier alpha value is -2.89. The van der Waals surface area contributed by atoms with Crippen LogP contribution in [-0.4, -0.2) is 30.9 Å². The Balaban J connectivity index is 1.98. The molecule has 132 valence electrons. The summed E-state index contributed by atoms with van der Waals surface area (Å²) in [5.74, 6) is -0.595. The Bertz CT molecular complexity index is 724. The molecule has 0 aliphatic rings. The lowest BCUT2D eigenvalue weighted by atomic mass is 10.0. The summed E-state index contributed by atoms with van der Waals surface area (Å²) in [4.78, 5) is 30.3. The third-order valence-electron chi connectivity index (χ3n) is 3.86. The van der Waals surface area contributed by atoms with E-state index in [1.54, 1.807) is 12.1 Å². The van der Waals surface area contributed by atoms with Crippen molar-refractivity contribution in [2.45, 2.75) is 26.3 Å². The summed E-state index contributed by atoms with van der Waals surface area (Å²) in [6.07, 6.45) is 2.22. The average molecular weight is 340 g/mol. The second kappa shape index (κ2) is 8.28. The van der Waals surface area contributed by atoms with E-state index in [1.165, 1.54) is 6.20 Å². The molecule has 6 nitrogen and oxygen atoms in total. The fourth-order valence-corrected chi connectivity index (χ4v) is 2.36. The summed E-state index contributed by atoms with van der Waals surface area (Å²) in [7, 11) is 3.76. The maximum atomic E-state index is 12.2. The molecule has 1 aromatic carbocycles. The number of benzene rings is 1. The van der Waals surface area contributed by atoms with Crippen molar-refractivity contribution in [3.05, 3.63) is 53.7 Å². The minimum atomic E-state index is -0.704. The maximum absolute atomic E-state index is 12.2. The van der Waals surface area contributed by atoms with Gasteiger partial charge in [-0.3, -0.25) is 9.59 Å². The Morgan fingerprint density at radius 1 is 1.08 bits per heavy atom. The first-order valence-corrected chi connectivity index (χ1v) is 8.22. The fourth-order valence-electron chi connectivity index (χ4n) is 2.36. The molecule has 1 atom stereocenters. The van der Waals surface area contributed by atoms with Crippen LogP contribution in [0.3, 0.4) is 0 Å². The molecule has 0 bridgehead atoms. The smallest absolute Gasteiger partial charge is 0.313 e. The van der Waals surface area contributed by atoms with E-state index in [0.29, 0.717) is 12.1 Å². The van der Waals surface area contributed by atoms with Gasteiger partial charge in [0.05, 0.1) is 17.9 Å². The molecule has 2 N–H and O–H groups in total. The SMILES string of the molecule is CCC(NC(=O)C(=O)Nc1ccc(N(C)C)nc1)c1ccc(C)cc1. The zero-order chi connectivity index (χ0) is 18.4. The van der Waals surface area contributed by atoms with Gasteiger partial charge < -0.3 is 15.5 Å². The van der Waals surface area contributed by atoms with Crippen molar-refractivity contribution >= 4 is 23.3 Å². The number of aryl methyl sites for hydroxylation is 1. The van der Waals surface area contributed by atoms with Gasteiger partial charge in [0.2, 0.25) is 0 Å². The molecule has 1 unspecified atom stereocenters. The predicted molar refractivity (Wildman–Crippen MR) is 99.5 cm³/mol. The van der Waals surface area contributed by atoms with Crippen LogP contribution in [0.15, 0.2) is 42.6 Å². The van der Waals surface area contributed by atoms with Gasteiger partial charge in [-0.2, -0.15) is 0 Å². The highest BCUT2D eigenvalue weighted by atomic mass is 16.2. The van der Waals surface area contributed by atoms with E-state index < -0.39 is 11.8 Å². The standard InChI is InChI=1S/C19H24N4O2/c1-5-16(14-8-6-13(2)7-9-14)22-19(25)18(24)21-15-10-11-17(20-12-15)23(3)4/h6-12,16H,5H2,1-4H3,(H,21,24)(H,22,25). The minimum Gasteiger partial charge on any atom is -0.363 e. The van der Waals surface area contributed by atoms with Crippen molar-refractivity contribution in [1.29, 1.82) is 0 Å². The zero-order valence-corrected chi connectivity index (χ0v) is 15.0. The van der Waals surface area contributed by atoms with Crippen LogP contribution < -0.4 is 15.5 Å². The van der Waals surface area contributed by atoms with Gasteiger partial charge in [0, 0.05) is 14.1 Å². The van der Waals surface area contributed by atoms with E-state index in [1.807, 2.05) is 57.1 Å². The van der Waals surface area contributed by atoms with Gasteiger partial charge >= 0.3 is 11.8 Å². The van der Waals surface area contributed by atoms with Gasteiger partial charge in [-0.25, -0.2) is 4.98 Å². The molecule has 6 heteroatoms. The zero-order valence-electron chi connectivity index (χ0n) is 15.0. The molecule has 25 heavy (non-hydrogen) atoms. The summed E-state index contributed by atoms with van der Waals surface area (Å²) in [6.45, 7) is 3.97. The first-order chi connectivity index (χ1) is 11.9. The van der Waals surface area contributed by atoms with Gasteiger partial charge in [0.15, 0.2) is 0 Å². The average Bonchev–Trinajstić information content (AvgIpc) is 2.60. The molecule has 2 amide bonds. The van der Waals surface area contributed by atoms with Crippen molar-refractivity contribution in [1.82, 2.24) is 10.3 Å². The van der Waals surface area contributed by atoms with E-state index >= 15 is 0 Å². The molecule has 0 spiro atoms. The first-order valence-electron chi connectivity index (χ1n) is 8.22. The highest BCUT2D eigenvalue weighted by Gasteiger charge is 2.19. The molecule has 2 rings (SSSR count). The van der Waals surface area contributed by atoms with Crippen LogP contribution in [0.25, 0.3) is 0 Å². The maximum Gasteiger partial charge on any atom is 0.313 e. The summed E-state index contributed by atoms with van der Waals surface area (Å²) in [5.41, 5.74) is 2.61. The third kappa shape index (κ3) is 5.04. The lowest BCUT2D eigenvalue weighted by Crippen LogP contribution is -2.37. The molecule has 0 saturated heterocycles. The van der Waals surface area contributed by atoms with Crippen LogP contribution in [0.5, 0.6) is 0 Å². The highest BCUT2D eigenvalue weighted by molar-refractivity contribution is 6.39. The number of hydrogen-bond acceptors (Lipinski definition) is 4. The Kier molecular flexibility index (Phi) is 6.11. The van der Waals surface area contributed by atoms with E-state index in [-0.39, 0.29) is 6.04 Å². The number of amides is 2. The van der Waals surface area contributed by atoms with Crippen LogP contribution in [-0.2, 0) is 9.59 Å². The molecule has 0 saturated carbocycles. The van der Waals surface area contributed by atoms with Crippen LogP contribution in [0, 0.1) is 6.92 Å². The van der Waals surface area contributed by atoms with Gasteiger partial charge in [-0.1, -0.05) is 36.8 Å². The molecule has 0 radical (unpaired) electrons. The van der Waals surface area contributed by atoms with Crippen LogP contribution in [0.1, 0.15) is 30.5 Å². The van der Waals surface area contributed by atoms with Crippen molar-refractivity contribution in [3.63, 3.8) is 0 Å². The Labute approximate surface area is 148 Å². The van der Waals surface area contributed by atoms with Gasteiger partial charge in [0.1, 0.15) is 5.82 Å². The van der Waals surface area contributed by atoms with E-state index in [2.05, 4.69) is 15.6 Å². The molecule has 0 fully saturated rings. The topological polar surface area (TPSA) is 74.3 Å². The minimum absolute atomic E-state index is 0.201. The number of nitrogens with one attached hydrogen (secondary N) is 2. The molecule has 1 aromatic heterocycles. The van der Waals surface area contributed by atoms with Gasteiger partial charge in [-0.05, 0) is 31.0 Å². The molecule has 1 heterocycles. The summed E-state index contributed by atoms with van der Waals surface area (Å²) in [5, 5.41) is 5.34. The quantitative estimate of drug-likeness (QED) is 0.821. The van der Waals surface area contributed by atoms with Crippen LogP contribution in [0.4, 0.5) is 11.5 Å². The number of hydrogen-bond donors (Lipinski definition) is 2. The number of aromatic nitrogens is 1. The highest BCUT2D eigenvalue weighted by Crippen LogP contribution is 2.17. The number of pyridine rings is 1. The number of anilines is 2. The van der Waals surface area contributed by atoms with Crippen LogP contribution >= 0.6 is 0 Å². The number of rotatable bonds is 5. The Morgan fingerprint density at radius 2 is 1.76 bits per heavy atom. The summed E-state index contributed by atoms with van der Waals surface area (Å²) in [6, 6.07) is 11.2. The molecular weight excluding hydrogens is 316 g/mol. The summed E-state index contributed by atoms with van der Waals surface area (Å²) < 4.78 is 0. The van der Waals surface area contributed by atoms with Crippen molar-refractivity contribution in [2.75, 3.05) is 24.3 Å². The normalized spacial score (nSPS) is 11.5.